The first kappa shape index (κ1) is 16.0. The van der Waals surface area contributed by atoms with Gasteiger partial charge in [-0.2, -0.15) is 4.31 Å². The third-order valence-corrected chi connectivity index (χ3v) is 7.46. The van der Waals surface area contributed by atoms with Gasteiger partial charge in [0.1, 0.15) is 0 Å². The number of piperidine rings is 1. The van der Waals surface area contributed by atoms with E-state index in [-0.39, 0.29) is 35.6 Å². The van der Waals surface area contributed by atoms with Gasteiger partial charge >= 0.3 is 0 Å². The van der Waals surface area contributed by atoms with Crippen molar-refractivity contribution in [2.24, 2.45) is 11.8 Å². The number of anilines is 1. The molecule has 0 unspecified atom stereocenters. The number of pyridine rings is 1. The van der Waals surface area contributed by atoms with Crippen LogP contribution in [0.15, 0.2) is 24.5 Å². The van der Waals surface area contributed by atoms with Crippen LogP contribution < -0.4 is 5.32 Å². The number of fused-ring (bicyclic) bond motifs is 1. The Hall–Kier alpha value is -1.51. The zero-order valence-corrected chi connectivity index (χ0v) is 14.1. The smallest absolute Gasteiger partial charge is 0.229 e. The zero-order chi connectivity index (χ0) is 16.7. The molecule has 0 radical (unpaired) electrons. The molecule has 3 atom stereocenters. The summed E-state index contributed by atoms with van der Waals surface area (Å²) in [6, 6.07) is 3.52. The van der Waals surface area contributed by atoms with Gasteiger partial charge in [0.25, 0.3) is 0 Å². The molecular formula is C16H21N3O4S. The molecule has 8 heteroatoms. The van der Waals surface area contributed by atoms with E-state index in [9.17, 15) is 13.2 Å². The molecule has 2 saturated heterocycles. The number of rotatable bonds is 4. The van der Waals surface area contributed by atoms with Crippen LogP contribution in [0.1, 0.15) is 19.3 Å². The van der Waals surface area contributed by atoms with E-state index in [1.165, 1.54) is 4.31 Å². The Labute approximate surface area is 141 Å². The van der Waals surface area contributed by atoms with Crippen LogP contribution in [0.2, 0.25) is 0 Å². The lowest BCUT2D eigenvalue weighted by Gasteiger charge is -2.38. The largest absolute Gasteiger partial charge is 0.377 e. The quantitative estimate of drug-likeness (QED) is 0.869. The first-order chi connectivity index (χ1) is 11.6. The number of carbonyl (C=O) groups is 1. The first-order valence-electron chi connectivity index (χ1n) is 8.37. The molecule has 0 spiro atoms. The fourth-order valence-electron chi connectivity index (χ4n) is 3.68. The molecule has 24 heavy (non-hydrogen) atoms. The molecule has 7 nitrogen and oxygen atoms in total. The summed E-state index contributed by atoms with van der Waals surface area (Å²) in [5.74, 6) is -0.466. The van der Waals surface area contributed by atoms with Crippen molar-refractivity contribution in [3.8, 4) is 0 Å². The van der Waals surface area contributed by atoms with Crippen molar-refractivity contribution in [2.45, 2.75) is 30.6 Å². The lowest BCUT2D eigenvalue weighted by Crippen LogP contribution is -2.53. The van der Waals surface area contributed by atoms with Gasteiger partial charge in [0.05, 0.1) is 29.2 Å². The van der Waals surface area contributed by atoms with Gasteiger partial charge in [0.15, 0.2) is 0 Å². The molecule has 3 heterocycles. The Kier molecular flexibility index (Phi) is 4.06. The van der Waals surface area contributed by atoms with Crippen molar-refractivity contribution >= 4 is 21.6 Å². The third kappa shape index (κ3) is 2.94. The maximum atomic E-state index is 12.8. The summed E-state index contributed by atoms with van der Waals surface area (Å²) in [5, 5.41) is 2.60. The van der Waals surface area contributed by atoms with Crippen molar-refractivity contribution in [1.29, 1.82) is 0 Å². The molecule has 3 fully saturated rings. The first-order valence-corrected chi connectivity index (χ1v) is 9.87. The molecule has 130 valence electrons. The molecule has 1 N–H and O–H groups in total. The summed E-state index contributed by atoms with van der Waals surface area (Å²) in [4.78, 5) is 16.7. The topological polar surface area (TPSA) is 88.6 Å². The lowest BCUT2D eigenvalue weighted by atomic mass is 9.83. The van der Waals surface area contributed by atoms with E-state index >= 15 is 0 Å². The van der Waals surface area contributed by atoms with Gasteiger partial charge in [0.2, 0.25) is 15.9 Å². The van der Waals surface area contributed by atoms with Gasteiger partial charge in [-0.25, -0.2) is 8.42 Å². The number of aromatic nitrogens is 1. The molecule has 1 aromatic heterocycles. The number of hydrogen-bond acceptors (Lipinski definition) is 5. The summed E-state index contributed by atoms with van der Waals surface area (Å²) >= 11 is 0. The van der Waals surface area contributed by atoms with Crippen LogP contribution in [0.3, 0.4) is 0 Å². The monoisotopic (exact) mass is 351 g/mol. The summed E-state index contributed by atoms with van der Waals surface area (Å²) in [5.41, 5.74) is 0.625. The maximum Gasteiger partial charge on any atom is 0.229 e. The molecule has 1 aliphatic carbocycles. The SMILES string of the molecule is O=C(Nc1cccnc1)[C@H]1CN(S(=O)(=O)C2CC2)C[C@H]2OCC[C@@H]12. The minimum Gasteiger partial charge on any atom is -0.377 e. The predicted molar refractivity (Wildman–Crippen MR) is 87.7 cm³/mol. The highest BCUT2D eigenvalue weighted by Gasteiger charge is 2.50. The van der Waals surface area contributed by atoms with Crippen LogP contribution in [0, 0.1) is 11.8 Å². The van der Waals surface area contributed by atoms with E-state index in [0.717, 1.165) is 19.3 Å². The highest BCUT2D eigenvalue weighted by Crippen LogP contribution is 2.39. The second kappa shape index (κ2) is 6.09. The zero-order valence-electron chi connectivity index (χ0n) is 13.3. The molecule has 3 aliphatic rings. The average Bonchev–Trinajstić information content (AvgIpc) is 3.33. The Bertz CT molecular complexity index is 720. The summed E-state index contributed by atoms with van der Waals surface area (Å²) in [6.45, 7) is 1.21. The van der Waals surface area contributed by atoms with E-state index in [1.54, 1.807) is 24.5 Å². The molecule has 0 bridgehead atoms. The van der Waals surface area contributed by atoms with Crippen molar-refractivity contribution < 1.29 is 17.9 Å². The summed E-state index contributed by atoms with van der Waals surface area (Å²) in [6.07, 6.45) is 5.29. The van der Waals surface area contributed by atoms with E-state index in [4.69, 9.17) is 4.74 Å². The van der Waals surface area contributed by atoms with E-state index in [0.29, 0.717) is 18.8 Å². The van der Waals surface area contributed by atoms with Crippen molar-refractivity contribution in [3.05, 3.63) is 24.5 Å². The standard InChI is InChI=1S/C16H21N3O4S/c20-16(18-11-2-1-6-17-8-11)14-9-19(24(21,22)12-3-4-12)10-15-13(14)5-7-23-15/h1-2,6,8,12-15H,3-5,7,9-10H2,(H,18,20)/t13-,14-,15+/m0/s1. The van der Waals surface area contributed by atoms with Gasteiger partial charge in [-0.3, -0.25) is 9.78 Å². The van der Waals surface area contributed by atoms with Crippen LogP contribution in [-0.2, 0) is 19.6 Å². The number of sulfonamides is 1. The van der Waals surface area contributed by atoms with Crippen molar-refractivity contribution in [3.63, 3.8) is 0 Å². The highest BCUT2D eigenvalue weighted by atomic mass is 32.2. The number of amides is 1. The number of nitrogens with zero attached hydrogens (tertiary/aromatic N) is 2. The second-order valence-corrected chi connectivity index (χ2v) is 8.97. The molecule has 2 aliphatic heterocycles. The molecule has 1 saturated carbocycles. The molecular weight excluding hydrogens is 330 g/mol. The fourth-order valence-corrected chi connectivity index (χ4v) is 5.55. The van der Waals surface area contributed by atoms with Gasteiger partial charge in [-0.15, -0.1) is 0 Å². The summed E-state index contributed by atoms with van der Waals surface area (Å²) < 4.78 is 32.4. The highest BCUT2D eigenvalue weighted by molar-refractivity contribution is 7.90. The predicted octanol–water partition coefficient (Wildman–Crippen LogP) is 0.849. The van der Waals surface area contributed by atoms with Crippen LogP contribution in [0.5, 0.6) is 0 Å². The van der Waals surface area contributed by atoms with Crippen LogP contribution in [-0.4, -0.2) is 54.7 Å². The Balaban J connectivity index is 1.54. The van der Waals surface area contributed by atoms with Crippen LogP contribution >= 0.6 is 0 Å². The van der Waals surface area contributed by atoms with Gasteiger partial charge in [-0.1, -0.05) is 0 Å². The number of ether oxygens (including phenoxy) is 1. The number of nitrogens with one attached hydrogen (secondary N) is 1. The summed E-state index contributed by atoms with van der Waals surface area (Å²) in [7, 11) is -3.31. The normalized spacial score (nSPS) is 30.8. The van der Waals surface area contributed by atoms with Crippen molar-refractivity contribution in [1.82, 2.24) is 9.29 Å². The Morgan fingerprint density at radius 3 is 2.83 bits per heavy atom. The van der Waals surface area contributed by atoms with Crippen LogP contribution in [0.25, 0.3) is 0 Å². The van der Waals surface area contributed by atoms with Gasteiger partial charge < -0.3 is 10.1 Å². The lowest BCUT2D eigenvalue weighted by molar-refractivity contribution is -0.124. The number of hydrogen-bond donors (Lipinski definition) is 1. The molecule has 0 aromatic carbocycles. The number of carbonyl (C=O) groups excluding carboxylic acids is 1. The van der Waals surface area contributed by atoms with E-state index < -0.39 is 10.0 Å². The minimum atomic E-state index is -3.31. The molecule has 1 aromatic rings. The average molecular weight is 351 g/mol. The fraction of sp³-hybridized carbons (Fsp3) is 0.625. The minimum absolute atomic E-state index is 0.0762. The molecule has 4 rings (SSSR count). The second-order valence-electron chi connectivity index (χ2n) is 6.76. The van der Waals surface area contributed by atoms with Gasteiger partial charge in [-0.05, 0) is 31.4 Å². The van der Waals surface area contributed by atoms with Crippen LogP contribution in [0.4, 0.5) is 5.69 Å². The van der Waals surface area contributed by atoms with Gasteiger partial charge in [0, 0.05) is 31.8 Å². The van der Waals surface area contributed by atoms with E-state index in [2.05, 4.69) is 10.3 Å². The third-order valence-electron chi connectivity index (χ3n) is 5.13. The Morgan fingerprint density at radius 1 is 1.29 bits per heavy atom. The Morgan fingerprint density at radius 2 is 2.12 bits per heavy atom. The maximum absolute atomic E-state index is 12.8. The molecule has 1 amide bonds. The van der Waals surface area contributed by atoms with Crippen molar-refractivity contribution in [2.75, 3.05) is 25.0 Å². The van der Waals surface area contributed by atoms with E-state index in [1.807, 2.05) is 0 Å².